The van der Waals surface area contributed by atoms with Crippen molar-refractivity contribution in [1.82, 2.24) is 15.0 Å². The Morgan fingerprint density at radius 2 is 2.10 bits per heavy atom. The fourth-order valence-corrected chi connectivity index (χ4v) is 2.86. The zero-order chi connectivity index (χ0) is 16.0. The lowest BCUT2D eigenvalue weighted by Gasteiger charge is -2.10. The first-order chi connectivity index (χ1) is 9.76. The summed E-state index contributed by atoms with van der Waals surface area (Å²) < 4.78 is 26.4. The molecule has 0 saturated heterocycles. The predicted octanol–water partition coefficient (Wildman–Crippen LogP) is 0.970. The number of sulfonamides is 1. The Bertz CT molecular complexity index is 605. The molecule has 1 heterocycles. The molecule has 0 radical (unpaired) electrons. The quantitative estimate of drug-likeness (QED) is 0.690. The van der Waals surface area contributed by atoms with Crippen LogP contribution in [-0.2, 0) is 14.8 Å². The van der Waals surface area contributed by atoms with Crippen LogP contribution in [0.2, 0.25) is 5.02 Å². The molecule has 0 atom stereocenters. The minimum absolute atomic E-state index is 0.00624. The molecule has 0 saturated carbocycles. The largest absolute Gasteiger partial charge is 0.372 e. The first-order valence-corrected chi connectivity index (χ1v) is 8.24. The smallest absolute Gasteiger partial charge is 0.242 e. The van der Waals surface area contributed by atoms with Crippen molar-refractivity contribution in [3.05, 3.63) is 17.3 Å². The molecule has 0 fully saturated rings. The molecule has 1 rings (SSSR count). The number of anilines is 1. The van der Waals surface area contributed by atoms with Crippen LogP contribution in [0.1, 0.15) is 20.3 Å². The highest BCUT2D eigenvalue weighted by molar-refractivity contribution is 7.89. The van der Waals surface area contributed by atoms with Crippen molar-refractivity contribution < 1.29 is 13.2 Å². The normalized spacial score (nSPS) is 11.5. The highest BCUT2D eigenvalue weighted by Gasteiger charge is 2.16. The molecule has 0 aliphatic carbocycles. The number of halogens is 1. The molecular weight excluding hydrogens is 316 g/mol. The zero-order valence-electron chi connectivity index (χ0n) is 12.1. The fourth-order valence-electron chi connectivity index (χ4n) is 1.53. The molecule has 0 bridgehead atoms. The summed E-state index contributed by atoms with van der Waals surface area (Å²) >= 11 is 5.90. The number of hydrogen-bond acceptors (Lipinski definition) is 5. The molecule has 0 aromatic carbocycles. The average Bonchev–Trinajstić information content (AvgIpc) is 2.37. The number of amides is 1. The summed E-state index contributed by atoms with van der Waals surface area (Å²) in [6, 6.07) is 1.32. The third kappa shape index (κ3) is 5.49. The standard InChI is InChI=1S/C12H19ClN4O3S/c1-8(2)17-11(18)4-5-16-21(19,20)9-6-10(13)12(14-3)15-7-9/h6-8,16H,4-5H2,1-3H3,(H,14,15)(H,17,18). The van der Waals surface area contributed by atoms with E-state index in [1.807, 2.05) is 13.8 Å². The van der Waals surface area contributed by atoms with Crippen LogP contribution in [0.25, 0.3) is 0 Å². The van der Waals surface area contributed by atoms with Crippen LogP contribution < -0.4 is 15.4 Å². The Morgan fingerprint density at radius 1 is 1.43 bits per heavy atom. The average molecular weight is 335 g/mol. The number of hydrogen-bond donors (Lipinski definition) is 3. The molecule has 3 N–H and O–H groups in total. The van der Waals surface area contributed by atoms with E-state index in [-0.39, 0.29) is 34.8 Å². The summed E-state index contributed by atoms with van der Waals surface area (Å²) in [5.74, 6) is 0.182. The van der Waals surface area contributed by atoms with Gasteiger partial charge >= 0.3 is 0 Å². The summed E-state index contributed by atoms with van der Waals surface area (Å²) in [6.07, 6.45) is 1.27. The van der Waals surface area contributed by atoms with Crippen molar-refractivity contribution in [3.63, 3.8) is 0 Å². The van der Waals surface area contributed by atoms with Gasteiger partial charge in [-0.3, -0.25) is 4.79 Å². The van der Waals surface area contributed by atoms with Gasteiger partial charge in [0.15, 0.2) is 0 Å². The molecular formula is C12H19ClN4O3S. The second-order valence-corrected chi connectivity index (χ2v) is 6.80. The van der Waals surface area contributed by atoms with E-state index in [4.69, 9.17) is 11.6 Å². The monoisotopic (exact) mass is 334 g/mol. The predicted molar refractivity (Wildman–Crippen MR) is 81.9 cm³/mol. The molecule has 9 heteroatoms. The Hall–Kier alpha value is -1.38. The van der Waals surface area contributed by atoms with Gasteiger partial charge in [0.1, 0.15) is 10.7 Å². The van der Waals surface area contributed by atoms with Crippen LogP contribution >= 0.6 is 11.6 Å². The SMILES string of the molecule is CNc1ncc(S(=O)(=O)NCCC(=O)NC(C)C)cc1Cl. The number of aromatic nitrogens is 1. The second-order valence-electron chi connectivity index (χ2n) is 4.62. The van der Waals surface area contributed by atoms with Crippen molar-refractivity contribution in [3.8, 4) is 0 Å². The van der Waals surface area contributed by atoms with Gasteiger partial charge in [0.25, 0.3) is 0 Å². The van der Waals surface area contributed by atoms with Crippen molar-refractivity contribution in [2.75, 3.05) is 18.9 Å². The van der Waals surface area contributed by atoms with E-state index in [0.29, 0.717) is 5.82 Å². The van der Waals surface area contributed by atoms with Crippen LogP contribution in [0.4, 0.5) is 5.82 Å². The molecule has 0 unspecified atom stereocenters. The lowest BCUT2D eigenvalue weighted by Crippen LogP contribution is -2.34. The molecule has 1 aromatic heterocycles. The van der Waals surface area contributed by atoms with Crippen LogP contribution in [0.5, 0.6) is 0 Å². The van der Waals surface area contributed by atoms with E-state index in [9.17, 15) is 13.2 Å². The Balaban J connectivity index is 2.66. The minimum atomic E-state index is -3.74. The number of nitrogens with one attached hydrogen (secondary N) is 3. The highest BCUT2D eigenvalue weighted by Crippen LogP contribution is 2.21. The van der Waals surface area contributed by atoms with Gasteiger partial charge in [-0.1, -0.05) is 11.6 Å². The molecule has 7 nitrogen and oxygen atoms in total. The van der Waals surface area contributed by atoms with E-state index in [2.05, 4.69) is 20.3 Å². The van der Waals surface area contributed by atoms with Gasteiger partial charge in [-0.15, -0.1) is 0 Å². The molecule has 0 aliphatic rings. The highest BCUT2D eigenvalue weighted by atomic mass is 35.5. The summed E-state index contributed by atoms with van der Waals surface area (Å²) in [7, 11) is -2.10. The van der Waals surface area contributed by atoms with Crippen LogP contribution in [0, 0.1) is 0 Å². The number of nitrogens with zero attached hydrogens (tertiary/aromatic N) is 1. The first-order valence-electron chi connectivity index (χ1n) is 6.38. The summed E-state index contributed by atoms with van der Waals surface area (Å²) in [6.45, 7) is 3.67. The van der Waals surface area contributed by atoms with Crippen LogP contribution in [-0.4, -0.2) is 38.9 Å². The van der Waals surface area contributed by atoms with Crippen molar-refractivity contribution in [2.45, 2.75) is 31.2 Å². The van der Waals surface area contributed by atoms with Gasteiger partial charge in [0.05, 0.1) is 5.02 Å². The van der Waals surface area contributed by atoms with Crippen molar-refractivity contribution in [1.29, 1.82) is 0 Å². The van der Waals surface area contributed by atoms with Crippen molar-refractivity contribution in [2.24, 2.45) is 0 Å². The van der Waals surface area contributed by atoms with Crippen LogP contribution in [0.15, 0.2) is 17.2 Å². The fraction of sp³-hybridized carbons (Fsp3) is 0.500. The molecule has 118 valence electrons. The summed E-state index contributed by atoms with van der Waals surface area (Å²) in [5, 5.41) is 5.62. The van der Waals surface area contributed by atoms with Gasteiger partial charge in [0, 0.05) is 32.3 Å². The Labute approximate surface area is 129 Å². The molecule has 0 aliphatic heterocycles. The van der Waals surface area contributed by atoms with Gasteiger partial charge in [-0.25, -0.2) is 18.1 Å². The van der Waals surface area contributed by atoms with E-state index >= 15 is 0 Å². The maximum absolute atomic E-state index is 12.0. The third-order valence-electron chi connectivity index (χ3n) is 2.46. The zero-order valence-corrected chi connectivity index (χ0v) is 13.7. The maximum atomic E-state index is 12.0. The number of pyridine rings is 1. The minimum Gasteiger partial charge on any atom is -0.372 e. The number of carbonyl (C=O) groups is 1. The van der Waals surface area contributed by atoms with E-state index in [0.717, 1.165) is 0 Å². The summed E-state index contributed by atoms with van der Waals surface area (Å²) in [5.41, 5.74) is 0. The number of carbonyl (C=O) groups excluding carboxylic acids is 1. The molecule has 0 spiro atoms. The Morgan fingerprint density at radius 3 is 2.62 bits per heavy atom. The van der Waals surface area contributed by atoms with E-state index < -0.39 is 10.0 Å². The summed E-state index contributed by atoms with van der Waals surface area (Å²) in [4.78, 5) is 15.3. The van der Waals surface area contributed by atoms with E-state index in [1.54, 1.807) is 7.05 Å². The lowest BCUT2D eigenvalue weighted by atomic mass is 10.3. The molecule has 1 aromatic rings. The van der Waals surface area contributed by atoms with Crippen LogP contribution in [0.3, 0.4) is 0 Å². The Kier molecular flexibility index (Phi) is 6.38. The van der Waals surface area contributed by atoms with Gasteiger partial charge < -0.3 is 10.6 Å². The maximum Gasteiger partial charge on any atom is 0.242 e. The van der Waals surface area contributed by atoms with Crippen molar-refractivity contribution >= 4 is 33.3 Å². The molecule has 21 heavy (non-hydrogen) atoms. The third-order valence-corrected chi connectivity index (χ3v) is 4.17. The second kappa shape index (κ2) is 7.58. The first kappa shape index (κ1) is 17.7. The van der Waals surface area contributed by atoms with E-state index in [1.165, 1.54) is 12.3 Å². The van der Waals surface area contributed by atoms with Gasteiger partial charge in [-0.2, -0.15) is 0 Å². The lowest BCUT2D eigenvalue weighted by molar-refractivity contribution is -0.121. The molecule has 1 amide bonds. The topological polar surface area (TPSA) is 100 Å². The number of rotatable bonds is 7. The van der Waals surface area contributed by atoms with Gasteiger partial charge in [0.2, 0.25) is 15.9 Å². The van der Waals surface area contributed by atoms with Gasteiger partial charge in [-0.05, 0) is 19.9 Å².